The van der Waals surface area contributed by atoms with Crippen molar-refractivity contribution in [1.29, 1.82) is 0 Å². The molecule has 2 N–H and O–H groups in total. The molecule has 0 aliphatic carbocycles. The van der Waals surface area contributed by atoms with Crippen LogP contribution in [0.5, 0.6) is 0 Å². The van der Waals surface area contributed by atoms with Gasteiger partial charge in [-0.05, 0) is 46.9 Å². The van der Waals surface area contributed by atoms with Gasteiger partial charge < -0.3 is 10.1 Å². The minimum atomic E-state index is -1.15. The molecule has 1 unspecified atom stereocenters. The third kappa shape index (κ3) is 3.45. The number of nitrogens with one attached hydrogen (secondary N) is 1. The van der Waals surface area contributed by atoms with Crippen LogP contribution in [0.3, 0.4) is 0 Å². The Labute approximate surface area is 145 Å². The summed E-state index contributed by atoms with van der Waals surface area (Å²) < 4.78 is 12.1. The molecule has 0 saturated heterocycles. The van der Waals surface area contributed by atoms with E-state index < -0.39 is 10.8 Å². The quantitative estimate of drug-likeness (QED) is 0.746. The highest BCUT2D eigenvalue weighted by molar-refractivity contribution is 7.85. The van der Waals surface area contributed by atoms with Gasteiger partial charge in [0.05, 0.1) is 23.2 Å². The number of aromatic nitrogens is 1. The molecule has 0 aliphatic rings. The van der Waals surface area contributed by atoms with E-state index in [2.05, 4.69) is 56.1 Å². The fourth-order valence-corrected chi connectivity index (χ4v) is 3.64. The van der Waals surface area contributed by atoms with Crippen LogP contribution < -0.4 is 0 Å². The van der Waals surface area contributed by atoms with Crippen LogP contribution in [0, 0.1) is 0 Å². The number of fused-ring (bicyclic) bond motifs is 1. The summed E-state index contributed by atoms with van der Waals surface area (Å²) in [4.78, 5) is 4.20. The molecule has 24 heavy (non-hydrogen) atoms. The number of aliphatic hydroxyl groups is 1. The molecule has 0 radical (unpaired) electrons. The maximum absolute atomic E-state index is 12.1. The van der Waals surface area contributed by atoms with E-state index in [0.29, 0.717) is 0 Å². The molecule has 1 atom stereocenters. The van der Waals surface area contributed by atoms with Crippen LogP contribution >= 0.6 is 0 Å². The Morgan fingerprint density at radius 2 is 1.88 bits per heavy atom. The zero-order valence-electron chi connectivity index (χ0n) is 14.3. The number of hydrogen-bond acceptors (Lipinski definition) is 2. The summed E-state index contributed by atoms with van der Waals surface area (Å²) in [7, 11) is -1.15. The molecule has 4 heteroatoms. The second kappa shape index (κ2) is 6.54. The van der Waals surface area contributed by atoms with Crippen LogP contribution in [-0.4, -0.2) is 26.7 Å². The number of aliphatic hydroxyl groups excluding tert-OH is 1. The third-order valence-electron chi connectivity index (χ3n) is 4.17. The lowest BCUT2D eigenvalue weighted by Crippen LogP contribution is -2.10. The zero-order chi connectivity index (χ0) is 17.3. The number of rotatable bonds is 4. The predicted octanol–water partition coefficient (Wildman–Crippen LogP) is 4.23. The van der Waals surface area contributed by atoms with Crippen molar-refractivity contribution in [3.05, 3.63) is 54.1 Å². The average molecular weight is 341 g/mol. The molecule has 0 amide bonds. The molecule has 0 spiro atoms. The summed E-state index contributed by atoms with van der Waals surface area (Å²) in [5, 5.41) is 9.99. The van der Waals surface area contributed by atoms with Crippen molar-refractivity contribution >= 4 is 21.7 Å². The van der Waals surface area contributed by atoms with Crippen molar-refractivity contribution in [3.63, 3.8) is 0 Å². The van der Waals surface area contributed by atoms with Crippen LogP contribution in [-0.2, 0) is 16.2 Å². The first-order valence-electron chi connectivity index (χ1n) is 8.11. The van der Waals surface area contributed by atoms with Gasteiger partial charge in [0.15, 0.2) is 0 Å². The first-order chi connectivity index (χ1) is 11.4. The maximum atomic E-state index is 12.1. The lowest BCUT2D eigenvalue weighted by atomic mass is 9.86. The standard InChI is InChI=1S/C20H23NO2S/c1-20(2,3)16-6-4-5-14(11-16)19-13-15-12-17(24(23)10-9-22)7-8-18(15)21-19/h4-8,11-13,21-22H,9-10H2,1-3H3. The summed E-state index contributed by atoms with van der Waals surface area (Å²) in [5.74, 6) is 0.274. The highest BCUT2D eigenvalue weighted by Crippen LogP contribution is 2.29. The van der Waals surface area contributed by atoms with Crippen LogP contribution in [0.15, 0.2) is 53.4 Å². The van der Waals surface area contributed by atoms with Crippen LogP contribution in [0.2, 0.25) is 0 Å². The van der Waals surface area contributed by atoms with E-state index in [4.69, 9.17) is 5.11 Å². The van der Waals surface area contributed by atoms with Crippen molar-refractivity contribution in [2.24, 2.45) is 0 Å². The first-order valence-corrected chi connectivity index (χ1v) is 9.43. The SMILES string of the molecule is CC(C)(C)c1cccc(-c2cc3cc(S(=O)CCO)ccc3[nH]2)c1. The highest BCUT2D eigenvalue weighted by atomic mass is 32.2. The Hall–Kier alpha value is -1.91. The molecule has 126 valence electrons. The zero-order valence-corrected chi connectivity index (χ0v) is 15.1. The molecule has 1 heterocycles. The van der Waals surface area contributed by atoms with Crippen molar-refractivity contribution in [2.45, 2.75) is 31.1 Å². The molecule has 3 nitrogen and oxygen atoms in total. The van der Waals surface area contributed by atoms with Crippen LogP contribution in [0.25, 0.3) is 22.2 Å². The number of benzene rings is 2. The Balaban J connectivity index is 2.01. The summed E-state index contributed by atoms with van der Waals surface area (Å²) >= 11 is 0. The number of hydrogen-bond donors (Lipinski definition) is 2. The van der Waals surface area contributed by atoms with Gasteiger partial charge in [-0.15, -0.1) is 0 Å². The van der Waals surface area contributed by atoms with Gasteiger partial charge in [-0.25, -0.2) is 0 Å². The van der Waals surface area contributed by atoms with E-state index in [1.54, 1.807) is 0 Å². The van der Waals surface area contributed by atoms with Crippen molar-refractivity contribution < 1.29 is 9.32 Å². The summed E-state index contributed by atoms with van der Waals surface area (Å²) in [6.45, 7) is 6.56. The molecular formula is C20H23NO2S. The fourth-order valence-electron chi connectivity index (χ4n) is 2.76. The number of aromatic amines is 1. The monoisotopic (exact) mass is 341 g/mol. The molecule has 0 bridgehead atoms. The predicted molar refractivity (Wildman–Crippen MR) is 101 cm³/mol. The molecule has 3 aromatic rings. The Morgan fingerprint density at radius 3 is 2.58 bits per heavy atom. The molecule has 1 aromatic heterocycles. The van der Waals surface area contributed by atoms with Crippen molar-refractivity contribution in [3.8, 4) is 11.3 Å². The van der Waals surface area contributed by atoms with Gasteiger partial charge >= 0.3 is 0 Å². The smallest absolute Gasteiger partial charge is 0.0552 e. The highest BCUT2D eigenvalue weighted by Gasteiger charge is 2.14. The maximum Gasteiger partial charge on any atom is 0.0552 e. The van der Waals surface area contributed by atoms with E-state index in [1.807, 2.05) is 18.2 Å². The largest absolute Gasteiger partial charge is 0.395 e. The third-order valence-corrected chi connectivity index (χ3v) is 5.50. The Bertz CT molecular complexity index is 890. The van der Waals surface area contributed by atoms with E-state index in [0.717, 1.165) is 27.1 Å². The normalized spacial score (nSPS) is 13.3. The van der Waals surface area contributed by atoms with E-state index >= 15 is 0 Å². The van der Waals surface area contributed by atoms with Gasteiger partial charge in [0, 0.05) is 21.5 Å². The Kier molecular flexibility index (Phi) is 4.61. The van der Waals surface area contributed by atoms with Gasteiger partial charge in [0.1, 0.15) is 0 Å². The van der Waals surface area contributed by atoms with Gasteiger partial charge in [-0.1, -0.05) is 39.0 Å². The van der Waals surface area contributed by atoms with Crippen LogP contribution in [0.4, 0.5) is 0 Å². The first kappa shape index (κ1) is 16.9. The lowest BCUT2D eigenvalue weighted by molar-refractivity contribution is 0.321. The lowest BCUT2D eigenvalue weighted by Gasteiger charge is -2.19. The van der Waals surface area contributed by atoms with Gasteiger partial charge in [-0.2, -0.15) is 0 Å². The van der Waals surface area contributed by atoms with E-state index in [9.17, 15) is 4.21 Å². The second-order valence-corrected chi connectivity index (χ2v) is 8.61. The topological polar surface area (TPSA) is 53.1 Å². The van der Waals surface area contributed by atoms with Crippen LogP contribution in [0.1, 0.15) is 26.3 Å². The molecule has 3 rings (SSSR count). The van der Waals surface area contributed by atoms with Gasteiger partial charge in [0.25, 0.3) is 0 Å². The molecule has 0 aliphatic heterocycles. The molecular weight excluding hydrogens is 318 g/mol. The summed E-state index contributed by atoms with van der Waals surface area (Å²) in [6.07, 6.45) is 0. The molecule has 2 aromatic carbocycles. The van der Waals surface area contributed by atoms with E-state index in [1.165, 1.54) is 5.56 Å². The van der Waals surface area contributed by atoms with E-state index in [-0.39, 0.29) is 17.8 Å². The van der Waals surface area contributed by atoms with Crippen molar-refractivity contribution in [2.75, 3.05) is 12.4 Å². The number of H-pyrrole nitrogens is 1. The fraction of sp³-hybridized carbons (Fsp3) is 0.300. The Morgan fingerprint density at radius 1 is 1.08 bits per heavy atom. The minimum absolute atomic E-state index is 0.0668. The molecule has 0 saturated carbocycles. The van der Waals surface area contributed by atoms with Gasteiger partial charge in [-0.3, -0.25) is 4.21 Å². The van der Waals surface area contributed by atoms with Crippen molar-refractivity contribution in [1.82, 2.24) is 4.98 Å². The molecule has 0 fully saturated rings. The van der Waals surface area contributed by atoms with Gasteiger partial charge in [0.2, 0.25) is 0 Å². The minimum Gasteiger partial charge on any atom is -0.395 e. The summed E-state index contributed by atoms with van der Waals surface area (Å²) in [6, 6.07) is 16.4. The summed E-state index contributed by atoms with van der Waals surface area (Å²) in [5.41, 5.74) is 4.63. The second-order valence-electron chi connectivity index (χ2n) is 7.04. The average Bonchev–Trinajstić information content (AvgIpc) is 2.97.